The fourth-order valence-electron chi connectivity index (χ4n) is 3.33. The number of esters is 1. The number of rotatable bonds is 8. The second-order valence-electron chi connectivity index (χ2n) is 7.36. The van der Waals surface area contributed by atoms with E-state index in [4.69, 9.17) is 9.47 Å². The molecule has 0 saturated heterocycles. The Morgan fingerprint density at radius 2 is 1.67 bits per heavy atom. The largest absolute Gasteiger partial charge is 0.481 e. The van der Waals surface area contributed by atoms with Crippen molar-refractivity contribution in [3.05, 3.63) is 82.7 Å². The molecule has 0 atom stereocenters. The fraction of sp³-hybridized carbons (Fsp3) is 0.292. The van der Waals surface area contributed by atoms with Gasteiger partial charge in [-0.1, -0.05) is 17.7 Å². The Morgan fingerprint density at radius 1 is 1.03 bits per heavy atom. The molecule has 4 nitrogen and oxygen atoms in total. The van der Waals surface area contributed by atoms with Crippen molar-refractivity contribution < 1.29 is 36.2 Å². The summed E-state index contributed by atoms with van der Waals surface area (Å²) >= 11 is 0. The number of hydrogen-bond acceptors (Lipinski definition) is 3. The molecule has 176 valence electrons. The Morgan fingerprint density at radius 3 is 2.24 bits per heavy atom. The zero-order chi connectivity index (χ0) is 24.2. The molecule has 2 aromatic carbocycles. The van der Waals surface area contributed by atoms with Gasteiger partial charge in [0.2, 0.25) is 0 Å². The standard InChI is InChI=1S/C24H22F5NO3/c1-3-32-22(31)9-6-16-12-19(25)23(20(26)13-16)33-14-21-18(24(27,28)29)10-11-30(21)17-7-4-15(2)5-8-17/h4-5,7-8,10-13H,3,6,9,14H2,1-2H3. The first-order valence-corrected chi connectivity index (χ1v) is 10.2. The van der Waals surface area contributed by atoms with E-state index in [1.54, 1.807) is 31.2 Å². The molecule has 3 rings (SSSR count). The second-order valence-corrected chi connectivity index (χ2v) is 7.36. The zero-order valence-corrected chi connectivity index (χ0v) is 18.0. The van der Waals surface area contributed by atoms with Gasteiger partial charge in [0.1, 0.15) is 6.61 Å². The van der Waals surface area contributed by atoms with Gasteiger partial charge in [0.25, 0.3) is 0 Å². The summed E-state index contributed by atoms with van der Waals surface area (Å²) in [5.74, 6) is -3.44. The average molecular weight is 467 g/mol. The molecular weight excluding hydrogens is 445 g/mol. The van der Waals surface area contributed by atoms with Crippen LogP contribution in [0, 0.1) is 18.6 Å². The molecule has 1 aromatic heterocycles. The highest BCUT2D eigenvalue weighted by molar-refractivity contribution is 5.69. The van der Waals surface area contributed by atoms with Crippen molar-refractivity contribution in [1.29, 1.82) is 0 Å². The summed E-state index contributed by atoms with van der Waals surface area (Å²) in [5.41, 5.74) is 0.313. The summed E-state index contributed by atoms with van der Waals surface area (Å²) in [6, 6.07) is 9.62. The number of carbonyl (C=O) groups is 1. The third kappa shape index (κ3) is 5.91. The maximum atomic E-state index is 14.5. The molecule has 0 aliphatic heterocycles. The Labute approximate surface area is 187 Å². The molecule has 3 aromatic rings. The van der Waals surface area contributed by atoms with Gasteiger partial charge >= 0.3 is 12.1 Å². The normalized spacial score (nSPS) is 11.5. The van der Waals surface area contributed by atoms with E-state index in [1.165, 1.54) is 10.8 Å². The molecule has 0 aliphatic carbocycles. The summed E-state index contributed by atoms with van der Waals surface area (Å²) in [6.45, 7) is 2.96. The van der Waals surface area contributed by atoms with E-state index in [2.05, 4.69) is 0 Å². The van der Waals surface area contributed by atoms with E-state index >= 15 is 0 Å². The second kappa shape index (κ2) is 10.1. The minimum absolute atomic E-state index is 0.0431. The van der Waals surface area contributed by atoms with Crippen LogP contribution >= 0.6 is 0 Å². The van der Waals surface area contributed by atoms with Crippen LogP contribution in [-0.2, 0) is 28.7 Å². The predicted octanol–water partition coefficient (Wildman–Crippen LogP) is 6.16. The lowest BCUT2D eigenvalue weighted by Crippen LogP contribution is -2.13. The minimum Gasteiger partial charge on any atom is -0.481 e. The minimum atomic E-state index is -4.68. The molecule has 1 heterocycles. The Bertz CT molecular complexity index is 1100. The van der Waals surface area contributed by atoms with Gasteiger partial charge in [-0.3, -0.25) is 4.79 Å². The summed E-state index contributed by atoms with van der Waals surface area (Å²) in [6.07, 6.45) is -3.46. The third-order valence-corrected chi connectivity index (χ3v) is 4.94. The third-order valence-electron chi connectivity index (χ3n) is 4.94. The highest BCUT2D eigenvalue weighted by Crippen LogP contribution is 2.35. The lowest BCUT2D eigenvalue weighted by Gasteiger charge is -2.16. The predicted molar refractivity (Wildman–Crippen MR) is 111 cm³/mol. The van der Waals surface area contributed by atoms with Crippen molar-refractivity contribution in [2.45, 2.75) is 39.5 Å². The lowest BCUT2D eigenvalue weighted by atomic mass is 10.1. The maximum Gasteiger partial charge on any atom is 0.418 e. The van der Waals surface area contributed by atoms with Crippen LogP contribution < -0.4 is 4.74 Å². The quantitative estimate of drug-likeness (QED) is 0.294. The van der Waals surface area contributed by atoms with Crippen LogP contribution in [0.3, 0.4) is 0 Å². The SMILES string of the molecule is CCOC(=O)CCc1cc(F)c(OCc2c(C(F)(F)F)ccn2-c2ccc(C)cc2)c(F)c1. The van der Waals surface area contributed by atoms with E-state index in [1.807, 2.05) is 6.92 Å². The number of aromatic nitrogens is 1. The number of ether oxygens (including phenoxy) is 2. The summed E-state index contributed by atoms with van der Waals surface area (Å²) < 4.78 is 80.8. The first-order chi connectivity index (χ1) is 15.6. The van der Waals surface area contributed by atoms with Gasteiger partial charge in [-0.15, -0.1) is 0 Å². The van der Waals surface area contributed by atoms with Crippen LogP contribution in [-0.4, -0.2) is 17.1 Å². The van der Waals surface area contributed by atoms with Crippen molar-refractivity contribution in [2.24, 2.45) is 0 Å². The van der Waals surface area contributed by atoms with Gasteiger partial charge in [-0.25, -0.2) is 8.78 Å². The topological polar surface area (TPSA) is 40.5 Å². The highest BCUT2D eigenvalue weighted by atomic mass is 19.4. The maximum absolute atomic E-state index is 14.5. The Hall–Kier alpha value is -3.36. The van der Waals surface area contributed by atoms with Crippen LogP contribution in [0.1, 0.15) is 35.7 Å². The number of benzene rings is 2. The summed E-state index contributed by atoms with van der Waals surface area (Å²) in [5, 5.41) is 0. The van der Waals surface area contributed by atoms with Gasteiger partial charge in [-0.05, 0) is 56.2 Å². The zero-order valence-electron chi connectivity index (χ0n) is 18.0. The van der Waals surface area contributed by atoms with Crippen LogP contribution in [0.25, 0.3) is 5.69 Å². The molecule has 0 amide bonds. The van der Waals surface area contributed by atoms with Gasteiger partial charge in [0.05, 0.1) is 17.9 Å². The molecule has 33 heavy (non-hydrogen) atoms. The summed E-state index contributed by atoms with van der Waals surface area (Å²) in [7, 11) is 0. The number of halogens is 5. The molecule has 0 unspecified atom stereocenters. The Kier molecular flexibility index (Phi) is 7.40. The smallest absolute Gasteiger partial charge is 0.418 e. The molecule has 0 aliphatic rings. The molecule has 0 radical (unpaired) electrons. The van der Waals surface area contributed by atoms with E-state index in [0.29, 0.717) is 5.69 Å². The van der Waals surface area contributed by atoms with Gasteiger partial charge in [0, 0.05) is 18.3 Å². The summed E-state index contributed by atoms with van der Waals surface area (Å²) in [4.78, 5) is 11.4. The van der Waals surface area contributed by atoms with E-state index in [0.717, 1.165) is 23.8 Å². The van der Waals surface area contributed by atoms with Gasteiger partial charge in [0.15, 0.2) is 17.4 Å². The van der Waals surface area contributed by atoms with Crippen molar-refractivity contribution >= 4 is 5.97 Å². The molecule has 9 heteroatoms. The van der Waals surface area contributed by atoms with Crippen molar-refractivity contribution in [2.75, 3.05) is 6.61 Å². The molecule has 0 saturated carbocycles. The number of hydrogen-bond donors (Lipinski definition) is 0. The number of nitrogens with zero attached hydrogens (tertiary/aromatic N) is 1. The van der Waals surface area contributed by atoms with E-state index in [-0.39, 0.29) is 30.7 Å². The molecule has 0 N–H and O–H groups in total. The van der Waals surface area contributed by atoms with Gasteiger partial charge < -0.3 is 14.0 Å². The monoisotopic (exact) mass is 467 g/mol. The lowest BCUT2D eigenvalue weighted by molar-refractivity contribution is -0.143. The first kappa shape index (κ1) is 24.3. The van der Waals surface area contributed by atoms with Crippen molar-refractivity contribution in [3.8, 4) is 11.4 Å². The fourth-order valence-corrected chi connectivity index (χ4v) is 3.33. The first-order valence-electron chi connectivity index (χ1n) is 10.2. The molecule has 0 spiro atoms. The van der Waals surface area contributed by atoms with Crippen molar-refractivity contribution in [3.63, 3.8) is 0 Å². The van der Waals surface area contributed by atoms with Gasteiger partial charge in [-0.2, -0.15) is 13.2 Å². The van der Waals surface area contributed by atoms with E-state index in [9.17, 15) is 26.7 Å². The molecular formula is C24H22F5NO3. The number of alkyl halides is 3. The van der Waals surface area contributed by atoms with Crippen LogP contribution in [0.2, 0.25) is 0 Å². The van der Waals surface area contributed by atoms with Crippen LogP contribution in [0.5, 0.6) is 5.75 Å². The number of aryl methyl sites for hydroxylation is 2. The number of carbonyl (C=O) groups excluding carboxylic acids is 1. The average Bonchev–Trinajstić information content (AvgIpc) is 3.17. The van der Waals surface area contributed by atoms with Crippen LogP contribution in [0.4, 0.5) is 22.0 Å². The Balaban J connectivity index is 1.85. The van der Waals surface area contributed by atoms with Crippen molar-refractivity contribution in [1.82, 2.24) is 4.57 Å². The molecule has 0 fully saturated rings. The van der Waals surface area contributed by atoms with Crippen LogP contribution in [0.15, 0.2) is 48.7 Å². The van der Waals surface area contributed by atoms with E-state index < -0.39 is 41.7 Å². The molecule has 0 bridgehead atoms. The highest BCUT2D eigenvalue weighted by Gasteiger charge is 2.36.